The Morgan fingerprint density at radius 2 is 1.96 bits per heavy atom. The highest BCUT2D eigenvalue weighted by Crippen LogP contribution is 2.30. The number of carbonyl (C=O) groups is 2. The van der Waals surface area contributed by atoms with Crippen LogP contribution >= 0.6 is 11.3 Å². The Bertz CT molecular complexity index is 1060. The highest BCUT2D eigenvalue weighted by atomic mass is 32.1. The number of thiophene rings is 1. The second-order valence-corrected chi connectivity index (χ2v) is 7.60. The number of fused-ring (bicyclic) bond motifs is 1. The van der Waals surface area contributed by atoms with Crippen LogP contribution in [0.1, 0.15) is 26.6 Å². The van der Waals surface area contributed by atoms with Crippen molar-refractivity contribution in [2.24, 2.45) is 5.92 Å². The molecule has 8 heteroatoms. The second-order valence-electron chi connectivity index (χ2n) is 6.74. The summed E-state index contributed by atoms with van der Waals surface area (Å²) in [6, 6.07) is 8.86. The van der Waals surface area contributed by atoms with E-state index >= 15 is 0 Å². The van der Waals surface area contributed by atoms with Crippen LogP contribution < -0.4 is 10.9 Å². The lowest BCUT2D eigenvalue weighted by Crippen LogP contribution is -2.44. The fourth-order valence-corrected chi connectivity index (χ4v) is 3.80. The van der Waals surface area contributed by atoms with Gasteiger partial charge in [0.1, 0.15) is 23.3 Å². The summed E-state index contributed by atoms with van der Waals surface area (Å²) in [5.74, 6) is -0.742. The Kier molecular flexibility index (Phi) is 5.89. The summed E-state index contributed by atoms with van der Waals surface area (Å²) in [4.78, 5) is 43.8. The molecule has 0 unspecified atom stereocenters. The molecule has 3 aromatic rings. The summed E-state index contributed by atoms with van der Waals surface area (Å²) < 4.78 is 5.27. The zero-order valence-electron chi connectivity index (χ0n) is 15.8. The Balaban J connectivity index is 1.81. The first-order valence-electron chi connectivity index (χ1n) is 8.86. The molecule has 0 bridgehead atoms. The lowest BCUT2D eigenvalue weighted by atomic mass is 10.0. The molecular weight excluding hydrogens is 378 g/mol. The number of H-pyrrole nitrogens is 1. The number of aromatic nitrogens is 2. The zero-order chi connectivity index (χ0) is 20.3. The third-order valence-corrected chi connectivity index (χ3v) is 5.08. The predicted molar refractivity (Wildman–Crippen MR) is 108 cm³/mol. The van der Waals surface area contributed by atoms with Gasteiger partial charge in [0.25, 0.3) is 5.56 Å². The van der Waals surface area contributed by atoms with Crippen LogP contribution in [0.2, 0.25) is 0 Å². The number of carbonyl (C=O) groups excluding carboxylic acids is 2. The second kappa shape index (κ2) is 8.35. The van der Waals surface area contributed by atoms with Crippen molar-refractivity contribution in [2.45, 2.75) is 33.4 Å². The Labute approximate surface area is 165 Å². The van der Waals surface area contributed by atoms with Crippen molar-refractivity contribution >= 4 is 33.4 Å². The van der Waals surface area contributed by atoms with Gasteiger partial charge < -0.3 is 15.0 Å². The number of amides is 1. The quantitative estimate of drug-likeness (QED) is 0.621. The number of esters is 1. The number of aromatic amines is 1. The Morgan fingerprint density at radius 3 is 2.61 bits per heavy atom. The molecule has 0 aliphatic carbocycles. The van der Waals surface area contributed by atoms with E-state index in [0.717, 1.165) is 11.1 Å². The summed E-state index contributed by atoms with van der Waals surface area (Å²) in [5.41, 5.74) is 1.48. The van der Waals surface area contributed by atoms with Crippen LogP contribution in [0.5, 0.6) is 0 Å². The van der Waals surface area contributed by atoms with Gasteiger partial charge in [0.2, 0.25) is 5.91 Å². The first kappa shape index (κ1) is 19.8. The molecule has 7 nitrogen and oxygen atoms in total. The van der Waals surface area contributed by atoms with Crippen LogP contribution in [-0.4, -0.2) is 27.9 Å². The molecule has 3 rings (SSSR count). The van der Waals surface area contributed by atoms with E-state index < -0.39 is 12.0 Å². The molecule has 146 valence electrons. The predicted octanol–water partition coefficient (Wildman–Crippen LogP) is 2.86. The summed E-state index contributed by atoms with van der Waals surface area (Å²) in [5, 5.41) is 4.98. The van der Waals surface area contributed by atoms with E-state index in [-0.39, 0.29) is 29.8 Å². The first-order valence-corrected chi connectivity index (χ1v) is 9.74. The van der Waals surface area contributed by atoms with Crippen molar-refractivity contribution in [3.63, 3.8) is 0 Å². The van der Waals surface area contributed by atoms with Gasteiger partial charge in [-0.15, -0.1) is 11.3 Å². The summed E-state index contributed by atoms with van der Waals surface area (Å²) in [7, 11) is 0. The van der Waals surface area contributed by atoms with Crippen LogP contribution in [0.4, 0.5) is 0 Å². The molecule has 2 aromatic heterocycles. The van der Waals surface area contributed by atoms with Gasteiger partial charge in [-0.2, -0.15) is 0 Å². The van der Waals surface area contributed by atoms with Crippen molar-refractivity contribution < 1.29 is 14.3 Å². The van der Waals surface area contributed by atoms with Crippen molar-refractivity contribution in [3.8, 4) is 11.1 Å². The van der Waals surface area contributed by atoms with Crippen LogP contribution in [0.15, 0.2) is 40.5 Å². The van der Waals surface area contributed by atoms with Gasteiger partial charge >= 0.3 is 5.97 Å². The summed E-state index contributed by atoms with van der Waals surface area (Å²) in [6.07, 6.45) is 0. The molecular formula is C20H21N3O4S. The van der Waals surface area contributed by atoms with E-state index in [1.54, 1.807) is 0 Å². The molecule has 0 radical (unpaired) electrons. The van der Waals surface area contributed by atoms with E-state index in [2.05, 4.69) is 15.3 Å². The van der Waals surface area contributed by atoms with E-state index in [0.29, 0.717) is 10.2 Å². The fourth-order valence-electron chi connectivity index (χ4n) is 2.84. The standard InChI is InChI=1S/C20H21N3O4S/c1-11(2)17(21-12(3)24)20(26)27-9-15-22-18(25)16-14(10-28-19(16)23-15)13-7-5-4-6-8-13/h4-8,10-11,17H,9H2,1-3H3,(H,21,24)(H,22,23,25)/t17-/m1/s1. The van der Waals surface area contributed by atoms with Gasteiger partial charge in [-0.25, -0.2) is 9.78 Å². The van der Waals surface area contributed by atoms with Crippen LogP contribution in [-0.2, 0) is 20.9 Å². The normalized spacial score (nSPS) is 12.1. The van der Waals surface area contributed by atoms with Crippen molar-refractivity contribution in [3.05, 3.63) is 51.9 Å². The van der Waals surface area contributed by atoms with Gasteiger partial charge in [-0.05, 0) is 11.5 Å². The molecule has 0 spiro atoms. The molecule has 0 aliphatic heterocycles. The molecule has 1 amide bonds. The molecule has 1 atom stereocenters. The lowest BCUT2D eigenvalue weighted by molar-refractivity contribution is -0.150. The fraction of sp³-hybridized carbons (Fsp3) is 0.300. The van der Waals surface area contributed by atoms with Gasteiger partial charge in [-0.1, -0.05) is 44.2 Å². The van der Waals surface area contributed by atoms with Gasteiger partial charge in [-0.3, -0.25) is 9.59 Å². The molecule has 0 saturated carbocycles. The number of nitrogens with one attached hydrogen (secondary N) is 2. The molecule has 0 fully saturated rings. The zero-order valence-corrected chi connectivity index (χ0v) is 16.6. The van der Waals surface area contributed by atoms with Gasteiger partial charge in [0, 0.05) is 17.9 Å². The third-order valence-electron chi connectivity index (χ3n) is 4.21. The smallest absolute Gasteiger partial charge is 0.329 e. The molecule has 1 aromatic carbocycles. The summed E-state index contributed by atoms with van der Waals surface area (Å²) in [6.45, 7) is 4.79. The molecule has 0 aliphatic rings. The minimum atomic E-state index is -0.751. The number of nitrogens with zero attached hydrogens (tertiary/aromatic N) is 1. The molecule has 2 heterocycles. The van der Waals surface area contributed by atoms with Crippen molar-refractivity contribution in [1.82, 2.24) is 15.3 Å². The molecule has 0 saturated heterocycles. The number of ether oxygens (including phenoxy) is 1. The summed E-state index contributed by atoms with van der Waals surface area (Å²) >= 11 is 1.36. The number of hydrogen-bond donors (Lipinski definition) is 2. The topological polar surface area (TPSA) is 101 Å². The monoisotopic (exact) mass is 399 g/mol. The van der Waals surface area contributed by atoms with Crippen LogP contribution in [0.3, 0.4) is 0 Å². The van der Waals surface area contributed by atoms with Crippen molar-refractivity contribution in [1.29, 1.82) is 0 Å². The van der Waals surface area contributed by atoms with Crippen molar-refractivity contribution in [2.75, 3.05) is 0 Å². The minimum Gasteiger partial charge on any atom is -0.456 e. The highest BCUT2D eigenvalue weighted by Gasteiger charge is 2.25. The largest absolute Gasteiger partial charge is 0.456 e. The lowest BCUT2D eigenvalue weighted by Gasteiger charge is -2.19. The maximum atomic E-state index is 12.6. The van der Waals surface area contributed by atoms with Gasteiger partial charge in [0.05, 0.1) is 5.39 Å². The maximum absolute atomic E-state index is 12.6. The maximum Gasteiger partial charge on any atom is 0.329 e. The highest BCUT2D eigenvalue weighted by molar-refractivity contribution is 7.17. The van der Waals surface area contributed by atoms with Crippen LogP contribution in [0, 0.1) is 5.92 Å². The molecule has 2 N–H and O–H groups in total. The Morgan fingerprint density at radius 1 is 1.25 bits per heavy atom. The van der Waals surface area contributed by atoms with Crippen LogP contribution in [0.25, 0.3) is 21.3 Å². The Hall–Kier alpha value is -3.00. The molecule has 28 heavy (non-hydrogen) atoms. The first-order chi connectivity index (χ1) is 13.4. The average molecular weight is 399 g/mol. The number of hydrogen-bond acceptors (Lipinski definition) is 6. The number of benzene rings is 1. The van der Waals surface area contributed by atoms with Gasteiger partial charge in [0.15, 0.2) is 0 Å². The average Bonchev–Trinajstić information content (AvgIpc) is 3.09. The minimum absolute atomic E-state index is 0.128. The number of rotatable bonds is 6. The van der Waals surface area contributed by atoms with E-state index in [1.165, 1.54) is 18.3 Å². The SMILES string of the molecule is CC(=O)N[C@@H](C(=O)OCc1nc2scc(-c3ccccc3)c2c(=O)[nH]1)C(C)C. The van der Waals surface area contributed by atoms with E-state index in [4.69, 9.17) is 4.74 Å². The van der Waals surface area contributed by atoms with E-state index in [1.807, 2.05) is 49.6 Å². The third kappa shape index (κ3) is 4.28. The van der Waals surface area contributed by atoms with E-state index in [9.17, 15) is 14.4 Å².